The summed E-state index contributed by atoms with van der Waals surface area (Å²) in [6.45, 7) is 0. The molecular formula is C21H19FN4O3. The van der Waals surface area contributed by atoms with Gasteiger partial charge in [-0.1, -0.05) is 30.2 Å². The Bertz CT molecular complexity index is 1120. The highest BCUT2D eigenvalue weighted by atomic mass is 19.1. The summed E-state index contributed by atoms with van der Waals surface area (Å²) in [5.41, 5.74) is 1.40. The number of hydrogen-bond acceptors (Lipinski definition) is 5. The zero-order chi connectivity index (χ0) is 20.1. The van der Waals surface area contributed by atoms with Crippen molar-refractivity contribution in [1.29, 1.82) is 0 Å². The number of carbonyl (C=O) groups is 2. The van der Waals surface area contributed by atoms with Crippen LogP contribution in [0.5, 0.6) is 5.75 Å². The number of methoxy groups -OCH3 is 1. The molecule has 148 valence electrons. The van der Waals surface area contributed by atoms with Crippen molar-refractivity contribution in [2.75, 3.05) is 12.0 Å². The van der Waals surface area contributed by atoms with Gasteiger partial charge in [0.25, 0.3) is 0 Å². The summed E-state index contributed by atoms with van der Waals surface area (Å²) in [6, 6.07) is 9.93. The Kier molecular flexibility index (Phi) is 4.08. The molecule has 0 bridgehead atoms. The molecule has 3 aromatic rings. The van der Waals surface area contributed by atoms with Crippen molar-refractivity contribution in [2.24, 2.45) is 11.8 Å². The van der Waals surface area contributed by atoms with E-state index < -0.39 is 5.82 Å². The lowest BCUT2D eigenvalue weighted by Crippen LogP contribution is -2.31. The Balaban J connectivity index is 1.65. The zero-order valence-corrected chi connectivity index (χ0v) is 15.8. The van der Waals surface area contributed by atoms with E-state index in [-0.39, 0.29) is 29.3 Å². The number of hydrogen-bond donors (Lipinski definition) is 0. The third kappa shape index (κ3) is 2.62. The average Bonchev–Trinajstić information content (AvgIpc) is 3.26. The average molecular weight is 394 g/mol. The third-order valence-electron chi connectivity index (χ3n) is 5.91. The molecule has 1 aliphatic carbocycles. The molecule has 2 amide bonds. The Labute approximate surface area is 166 Å². The van der Waals surface area contributed by atoms with Crippen LogP contribution in [-0.2, 0) is 9.59 Å². The van der Waals surface area contributed by atoms with E-state index in [4.69, 9.17) is 4.74 Å². The van der Waals surface area contributed by atoms with E-state index >= 15 is 0 Å². The smallest absolute Gasteiger partial charge is 0.237 e. The van der Waals surface area contributed by atoms with Crippen molar-refractivity contribution < 1.29 is 18.7 Å². The Morgan fingerprint density at radius 3 is 2.41 bits per heavy atom. The minimum atomic E-state index is -0.662. The van der Waals surface area contributed by atoms with Crippen molar-refractivity contribution in [2.45, 2.75) is 25.7 Å². The van der Waals surface area contributed by atoms with Gasteiger partial charge in [0.2, 0.25) is 11.8 Å². The van der Waals surface area contributed by atoms with Gasteiger partial charge in [0.05, 0.1) is 30.1 Å². The Hall–Kier alpha value is -3.29. The van der Waals surface area contributed by atoms with Crippen LogP contribution in [0.3, 0.4) is 0 Å². The first kappa shape index (κ1) is 17.8. The highest BCUT2D eigenvalue weighted by molar-refractivity contribution is 6.22. The van der Waals surface area contributed by atoms with Crippen molar-refractivity contribution >= 4 is 28.5 Å². The number of amides is 2. The number of ether oxygens (including phenoxy) is 1. The summed E-state index contributed by atoms with van der Waals surface area (Å²) in [4.78, 5) is 26.8. The highest BCUT2D eigenvalue weighted by Crippen LogP contribution is 2.41. The number of imide groups is 1. The van der Waals surface area contributed by atoms with Crippen LogP contribution in [0.1, 0.15) is 25.7 Å². The van der Waals surface area contributed by atoms with Gasteiger partial charge in [0, 0.05) is 6.07 Å². The maximum absolute atomic E-state index is 14.9. The number of carbonyl (C=O) groups excluding carboxylic acids is 2. The quantitative estimate of drug-likeness (QED) is 0.638. The van der Waals surface area contributed by atoms with Crippen LogP contribution in [-0.4, -0.2) is 33.9 Å². The molecule has 0 spiro atoms. The van der Waals surface area contributed by atoms with Crippen LogP contribution in [0, 0.1) is 17.7 Å². The van der Waals surface area contributed by atoms with Crippen LogP contribution in [0.25, 0.3) is 16.7 Å². The predicted molar refractivity (Wildman–Crippen MR) is 103 cm³/mol. The van der Waals surface area contributed by atoms with E-state index in [9.17, 15) is 14.0 Å². The van der Waals surface area contributed by atoms with Crippen LogP contribution in [0.15, 0.2) is 36.4 Å². The summed E-state index contributed by atoms with van der Waals surface area (Å²) in [5.74, 6) is -1.40. The molecule has 2 aromatic carbocycles. The maximum Gasteiger partial charge on any atom is 0.237 e. The van der Waals surface area contributed by atoms with E-state index in [0.717, 1.165) is 17.7 Å². The van der Waals surface area contributed by atoms with Gasteiger partial charge < -0.3 is 4.74 Å². The largest absolute Gasteiger partial charge is 0.494 e. The molecule has 0 radical (unpaired) electrons. The molecule has 5 rings (SSSR count). The molecule has 2 fully saturated rings. The molecule has 8 heteroatoms. The van der Waals surface area contributed by atoms with Crippen LogP contribution in [0.2, 0.25) is 0 Å². The van der Waals surface area contributed by atoms with Gasteiger partial charge in [-0.05, 0) is 31.0 Å². The first-order valence-electron chi connectivity index (χ1n) is 9.66. The second-order valence-electron chi connectivity index (χ2n) is 7.47. The lowest BCUT2D eigenvalue weighted by Gasteiger charge is -2.19. The summed E-state index contributed by atoms with van der Waals surface area (Å²) in [7, 11) is 1.55. The molecule has 7 nitrogen and oxygen atoms in total. The van der Waals surface area contributed by atoms with Crippen molar-refractivity contribution in [3.63, 3.8) is 0 Å². The number of fused-ring (bicyclic) bond motifs is 2. The minimum absolute atomic E-state index is 0.0413. The molecule has 2 heterocycles. The molecule has 1 aliphatic heterocycles. The van der Waals surface area contributed by atoms with Gasteiger partial charge in [0.1, 0.15) is 22.8 Å². The van der Waals surface area contributed by atoms with Gasteiger partial charge in [-0.3, -0.25) is 9.59 Å². The van der Waals surface area contributed by atoms with Gasteiger partial charge >= 0.3 is 0 Å². The number of rotatable bonds is 3. The Morgan fingerprint density at radius 2 is 1.72 bits per heavy atom. The van der Waals surface area contributed by atoms with Crippen molar-refractivity contribution in [3.05, 3.63) is 42.2 Å². The lowest BCUT2D eigenvalue weighted by molar-refractivity contribution is -0.122. The van der Waals surface area contributed by atoms with Gasteiger partial charge in [-0.15, -0.1) is 5.10 Å². The summed E-state index contributed by atoms with van der Waals surface area (Å²) < 4.78 is 21.8. The molecule has 0 N–H and O–H groups in total. The molecular weight excluding hydrogens is 375 g/mol. The molecule has 29 heavy (non-hydrogen) atoms. The lowest BCUT2D eigenvalue weighted by atomic mass is 9.81. The summed E-state index contributed by atoms with van der Waals surface area (Å²) in [5, 5.41) is 8.16. The molecule has 1 saturated heterocycles. The number of aromatic nitrogens is 3. The SMILES string of the molecule is COc1ccccc1-n1nnc2cc(F)c(N3C(=O)C4CCCCC4C3=O)cc21. The number of para-hydroxylation sites is 2. The second kappa shape index (κ2) is 6.65. The van der Waals surface area contributed by atoms with Crippen LogP contribution < -0.4 is 9.64 Å². The number of nitrogens with zero attached hydrogens (tertiary/aromatic N) is 4. The van der Waals surface area contributed by atoms with E-state index in [0.29, 0.717) is 35.3 Å². The number of halogens is 1. The van der Waals surface area contributed by atoms with Crippen molar-refractivity contribution in [1.82, 2.24) is 15.0 Å². The van der Waals surface area contributed by atoms with Crippen LogP contribution >= 0.6 is 0 Å². The number of anilines is 1. The summed E-state index contributed by atoms with van der Waals surface area (Å²) >= 11 is 0. The molecule has 2 atom stereocenters. The van der Waals surface area contributed by atoms with Crippen LogP contribution in [0.4, 0.5) is 10.1 Å². The monoisotopic (exact) mass is 394 g/mol. The predicted octanol–water partition coefficient (Wildman–Crippen LogP) is 3.25. The fourth-order valence-corrected chi connectivity index (χ4v) is 4.48. The topological polar surface area (TPSA) is 77.3 Å². The normalized spacial score (nSPS) is 21.7. The Morgan fingerprint density at radius 1 is 1.03 bits per heavy atom. The molecule has 2 aliphatic rings. The zero-order valence-electron chi connectivity index (χ0n) is 15.8. The fourth-order valence-electron chi connectivity index (χ4n) is 4.48. The molecule has 1 aromatic heterocycles. The first-order valence-corrected chi connectivity index (χ1v) is 9.66. The standard InChI is InChI=1S/C21H19FN4O3/c1-29-19-9-5-4-8-16(19)26-18-11-17(14(22)10-15(18)23-24-26)25-20(27)12-6-2-3-7-13(12)21(25)28/h4-5,8-13H,2-3,6-7H2,1H3. The van der Waals surface area contributed by atoms with Gasteiger partial charge in [0.15, 0.2) is 0 Å². The van der Waals surface area contributed by atoms with E-state index in [1.165, 1.54) is 16.8 Å². The third-order valence-corrected chi connectivity index (χ3v) is 5.91. The fraction of sp³-hybridized carbons (Fsp3) is 0.333. The maximum atomic E-state index is 14.9. The summed E-state index contributed by atoms with van der Waals surface area (Å²) in [6.07, 6.45) is 3.19. The van der Waals surface area contributed by atoms with Gasteiger partial charge in [-0.25, -0.2) is 14.0 Å². The molecule has 1 saturated carbocycles. The van der Waals surface area contributed by atoms with E-state index in [1.807, 2.05) is 12.1 Å². The second-order valence-corrected chi connectivity index (χ2v) is 7.47. The highest BCUT2D eigenvalue weighted by Gasteiger charge is 2.49. The van der Waals surface area contributed by atoms with Gasteiger partial charge in [-0.2, -0.15) is 0 Å². The first-order chi connectivity index (χ1) is 14.1. The number of benzene rings is 2. The van der Waals surface area contributed by atoms with E-state index in [2.05, 4.69) is 10.3 Å². The van der Waals surface area contributed by atoms with Crippen molar-refractivity contribution in [3.8, 4) is 11.4 Å². The minimum Gasteiger partial charge on any atom is -0.494 e. The van der Waals surface area contributed by atoms with E-state index in [1.54, 1.807) is 19.2 Å². The molecule has 2 unspecified atom stereocenters.